The molecule has 82 valence electrons. The fourth-order valence-corrected chi connectivity index (χ4v) is 1.72. The van der Waals surface area contributed by atoms with Gasteiger partial charge in [-0.15, -0.1) is 0 Å². The Labute approximate surface area is 89.4 Å². The summed E-state index contributed by atoms with van der Waals surface area (Å²) in [5.74, 6) is -0.988. The molecule has 3 nitrogen and oxygen atoms in total. The van der Waals surface area contributed by atoms with Crippen molar-refractivity contribution < 1.29 is 15.0 Å². The molecule has 0 fully saturated rings. The van der Waals surface area contributed by atoms with Crippen molar-refractivity contribution in [2.45, 2.75) is 32.6 Å². The molecule has 0 radical (unpaired) electrons. The van der Waals surface area contributed by atoms with Crippen LogP contribution in [-0.2, 0) is 0 Å². The average molecular weight is 208 g/mol. The van der Waals surface area contributed by atoms with Crippen molar-refractivity contribution in [3.63, 3.8) is 0 Å². The summed E-state index contributed by atoms with van der Waals surface area (Å²) >= 11 is 0. The first kappa shape index (κ1) is 11.6. The lowest BCUT2D eigenvalue weighted by atomic mass is 9.94. The molecule has 0 saturated heterocycles. The van der Waals surface area contributed by atoms with Crippen LogP contribution < -0.4 is 0 Å². The van der Waals surface area contributed by atoms with Crippen LogP contribution in [0.15, 0.2) is 18.2 Å². The Morgan fingerprint density at radius 2 is 2.13 bits per heavy atom. The van der Waals surface area contributed by atoms with Crippen LogP contribution in [0.2, 0.25) is 0 Å². The minimum Gasteiger partial charge on any atom is -0.507 e. The maximum Gasteiger partial charge on any atom is 0.339 e. The second-order valence-corrected chi connectivity index (χ2v) is 3.74. The summed E-state index contributed by atoms with van der Waals surface area (Å²) in [6.07, 6.45) is 1.95. The van der Waals surface area contributed by atoms with E-state index in [4.69, 9.17) is 5.11 Å². The molecular formula is C12H16O3. The Bertz CT molecular complexity index is 358. The van der Waals surface area contributed by atoms with E-state index in [1.807, 2.05) is 6.92 Å². The topological polar surface area (TPSA) is 57.5 Å². The van der Waals surface area contributed by atoms with Crippen molar-refractivity contribution >= 4 is 5.97 Å². The zero-order chi connectivity index (χ0) is 11.4. The number of rotatable bonds is 4. The lowest BCUT2D eigenvalue weighted by Crippen LogP contribution is -2.01. The number of hydrogen-bond donors (Lipinski definition) is 2. The van der Waals surface area contributed by atoms with Crippen molar-refractivity contribution in [1.82, 2.24) is 0 Å². The maximum atomic E-state index is 10.8. The molecule has 1 unspecified atom stereocenters. The highest BCUT2D eigenvalue weighted by Crippen LogP contribution is 2.31. The van der Waals surface area contributed by atoms with Gasteiger partial charge in [-0.25, -0.2) is 4.79 Å². The maximum absolute atomic E-state index is 10.8. The van der Waals surface area contributed by atoms with E-state index in [1.54, 1.807) is 12.1 Å². The molecule has 1 aromatic rings. The third-order valence-corrected chi connectivity index (χ3v) is 2.55. The minimum atomic E-state index is -1.09. The van der Waals surface area contributed by atoms with Crippen molar-refractivity contribution in [3.05, 3.63) is 29.3 Å². The van der Waals surface area contributed by atoms with Crippen molar-refractivity contribution in [1.29, 1.82) is 0 Å². The standard InChI is InChI=1S/C12H16O3/c1-3-5-8(2)9-6-4-7-10(11(9)13)12(14)15/h4,6-8,13H,3,5H2,1-2H3,(H,14,15). The van der Waals surface area contributed by atoms with Gasteiger partial charge in [0.25, 0.3) is 0 Å². The van der Waals surface area contributed by atoms with Gasteiger partial charge in [0.2, 0.25) is 0 Å². The fourth-order valence-electron chi connectivity index (χ4n) is 1.72. The number of carboxylic acid groups (broad SMARTS) is 1. The average Bonchev–Trinajstić information content (AvgIpc) is 2.17. The lowest BCUT2D eigenvalue weighted by Gasteiger charge is -2.13. The Morgan fingerprint density at radius 1 is 1.47 bits per heavy atom. The van der Waals surface area contributed by atoms with Crippen LogP contribution in [-0.4, -0.2) is 16.2 Å². The third kappa shape index (κ3) is 2.49. The summed E-state index contributed by atoms with van der Waals surface area (Å²) in [6, 6.07) is 4.87. The molecule has 15 heavy (non-hydrogen) atoms. The van der Waals surface area contributed by atoms with Crippen LogP contribution in [0.3, 0.4) is 0 Å². The number of aromatic hydroxyl groups is 1. The third-order valence-electron chi connectivity index (χ3n) is 2.55. The Balaban J connectivity index is 3.09. The van der Waals surface area contributed by atoms with E-state index in [9.17, 15) is 9.90 Å². The van der Waals surface area contributed by atoms with Gasteiger partial charge in [-0.3, -0.25) is 0 Å². The predicted molar refractivity (Wildman–Crippen MR) is 58.4 cm³/mol. The van der Waals surface area contributed by atoms with E-state index in [-0.39, 0.29) is 17.2 Å². The highest BCUT2D eigenvalue weighted by atomic mass is 16.4. The molecule has 0 aliphatic heterocycles. The van der Waals surface area contributed by atoms with Gasteiger partial charge in [0.1, 0.15) is 11.3 Å². The number of phenols is 1. The molecule has 1 rings (SSSR count). The molecule has 0 aliphatic carbocycles. The fraction of sp³-hybridized carbons (Fsp3) is 0.417. The zero-order valence-corrected chi connectivity index (χ0v) is 9.03. The van der Waals surface area contributed by atoms with E-state index in [0.29, 0.717) is 0 Å². The summed E-state index contributed by atoms with van der Waals surface area (Å²) < 4.78 is 0. The largest absolute Gasteiger partial charge is 0.507 e. The summed E-state index contributed by atoms with van der Waals surface area (Å²) in [5.41, 5.74) is 0.701. The number of para-hydroxylation sites is 1. The summed E-state index contributed by atoms with van der Waals surface area (Å²) in [4.78, 5) is 10.8. The SMILES string of the molecule is CCCC(C)c1cccc(C(=O)O)c1O. The van der Waals surface area contributed by atoms with E-state index in [0.717, 1.165) is 18.4 Å². The highest BCUT2D eigenvalue weighted by Gasteiger charge is 2.16. The number of carboxylic acids is 1. The van der Waals surface area contributed by atoms with Gasteiger partial charge < -0.3 is 10.2 Å². The first-order chi connectivity index (χ1) is 7.07. The number of aromatic carboxylic acids is 1. The van der Waals surface area contributed by atoms with Crippen molar-refractivity contribution in [3.8, 4) is 5.75 Å². The quantitative estimate of drug-likeness (QED) is 0.799. The summed E-state index contributed by atoms with van der Waals surface area (Å²) in [7, 11) is 0. The molecule has 0 aliphatic rings. The normalized spacial score (nSPS) is 12.4. The van der Waals surface area contributed by atoms with E-state index in [2.05, 4.69) is 6.92 Å². The van der Waals surface area contributed by atoms with Gasteiger partial charge in [0.15, 0.2) is 0 Å². The van der Waals surface area contributed by atoms with Gasteiger partial charge in [-0.05, 0) is 24.0 Å². The first-order valence-electron chi connectivity index (χ1n) is 5.13. The predicted octanol–water partition coefficient (Wildman–Crippen LogP) is 2.99. The van der Waals surface area contributed by atoms with Gasteiger partial charge in [-0.1, -0.05) is 32.4 Å². The smallest absolute Gasteiger partial charge is 0.339 e. The van der Waals surface area contributed by atoms with Crippen LogP contribution >= 0.6 is 0 Å². The molecule has 0 amide bonds. The zero-order valence-electron chi connectivity index (χ0n) is 9.03. The van der Waals surface area contributed by atoms with Crippen LogP contribution in [0.1, 0.15) is 48.5 Å². The van der Waals surface area contributed by atoms with Gasteiger partial charge in [0, 0.05) is 0 Å². The Kier molecular flexibility index (Phi) is 3.72. The van der Waals surface area contributed by atoms with Gasteiger partial charge >= 0.3 is 5.97 Å². The van der Waals surface area contributed by atoms with Crippen molar-refractivity contribution in [2.24, 2.45) is 0 Å². The number of carbonyl (C=O) groups is 1. The van der Waals surface area contributed by atoms with Gasteiger partial charge in [0.05, 0.1) is 0 Å². The lowest BCUT2D eigenvalue weighted by molar-refractivity contribution is 0.0693. The number of benzene rings is 1. The second-order valence-electron chi connectivity index (χ2n) is 3.74. The number of hydrogen-bond acceptors (Lipinski definition) is 2. The Morgan fingerprint density at radius 3 is 2.67 bits per heavy atom. The molecule has 2 N–H and O–H groups in total. The summed E-state index contributed by atoms with van der Waals surface area (Å²) in [6.45, 7) is 4.05. The van der Waals surface area contributed by atoms with E-state index in [1.165, 1.54) is 6.07 Å². The first-order valence-corrected chi connectivity index (χ1v) is 5.13. The molecule has 3 heteroatoms. The van der Waals surface area contributed by atoms with Crippen molar-refractivity contribution in [2.75, 3.05) is 0 Å². The molecular weight excluding hydrogens is 192 g/mol. The molecule has 0 heterocycles. The van der Waals surface area contributed by atoms with Crippen LogP contribution in [0, 0.1) is 0 Å². The molecule has 0 bridgehead atoms. The second kappa shape index (κ2) is 4.82. The summed E-state index contributed by atoms with van der Waals surface area (Å²) in [5, 5.41) is 18.6. The van der Waals surface area contributed by atoms with Crippen LogP contribution in [0.4, 0.5) is 0 Å². The van der Waals surface area contributed by atoms with Gasteiger partial charge in [-0.2, -0.15) is 0 Å². The van der Waals surface area contributed by atoms with Crippen LogP contribution in [0.5, 0.6) is 5.75 Å². The van der Waals surface area contributed by atoms with E-state index >= 15 is 0 Å². The van der Waals surface area contributed by atoms with E-state index < -0.39 is 5.97 Å². The molecule has 0 aromatic heterocycles. The monoisotopic (exact) mass is 208 g/mol. The molecule has 0 spiro atoms. The molecule has 1 atom stereocenters. The Hall–Kier alpha value is -1.51. The minimum absolute atomic E-state index is 0.0181. The highest BCUT2D eigenvalue weighted by molar-refractivity contribution is 5.91. The van der Waals surface area contributed by atoms with Crippen LogP contribution in [0.25, 0.3) is 0 Å². The molecule has 0 saturated carbocycles. The molecule has 1 aromatic carbocycles.